The van der Waals surface area contributed by atoms with Crippen molar-refractivity contribution >= 4 is 5.97 Å². The summed E-state index contributed by atoms with van der Waals surface area (Å²) in [5.41, 5.74) is 1.85. The van der Waals surface area contributed by atoms with Crippen molar-refractivity contribution in [1.82, 2.24) is 0 Å². The van der Waals surface area contributed by atoms with Gasteiger partial charge in [-0.25, -0.2) is 0 Å². The average Bonchev–Trinajstić information content (AvgIpc) is 2.39. The van der Waals surface area contributed by atoms with Gasteiger partial charge < -0.3 is 19.3 Å². The third-order valence-corrected chi connectivity index (χ3v) is 2.82. The fourth-order valence-electron chi connectivity index (χ4n) is 1.92. The molecule has 1 aromatic rings. The molecule has 0 atom stereocenters. The molecule has 0 radical (unpaired) electrons. The third-order valence-electron chi connectivity index (χ3n) is 2.82. The predicted molar refractivity (Wildman–Crippen MR) is 70.8 cm³/mol. The van der Waals surface area contributed by atoms with Crippen molar-refractivity contribution in [3.8, 4) is 11.5 Å². The van der Waals surface area contributed by atoms with Crippen molar-refractivity contribution in [2.24, 2.45) is 0 Å². The lowest BCUT2D eigenvalue weighted by Crippen LogP contribution is -2.01. The van der Waals surface area contributed by atoms with E-state index in [-0.39, 0.29) is 6.42 Å². The maximum Gasteiger partial charge on any atom is 0.303 e. The molecule has 1 rings (SSSR count). The van der Waals surface area contributed by atoms with Gasteiger partial charge in [0.15, 0.2) is 0 Å². The van der Waals surface area contributed by atoms with Crippen LogP contribution in [0.1, 0.15) is 24.0 Å². The molecule has 0 aliphatic heterocycles. The number of rotatable bonds is 8. The minimum absolute atomic E-state index is 0.144. The number of benzene rings is 1. The zero-order valence-corrected chi connectivity index (χ0v) is 11.6. The van der Waals surface area contributed by atoms with Gasteiger partial charge in [-0.3, -0.25) is 4.79 Å². The molecule has 5 nitrogen and oxygen atoms in total. The van der Waals surface area contributed by atoms with E-state index in [1.807, 2.05) is 12.1 Å². The van der Waals surface area contributed by atoms with Gasteiger partial charge in [0.05, 0.1) is 20.8 Å². The highest BCUT2D eigenvalue weighted by atomic mass is 16.5. The molecule has 0 aliphatic rings. The highest BCUT2D eigenvalue weighted by Gasteiger charge is 2.11. The molecule has 0 aromatic heterocycles. The van der Waals surface area contributed by atoms with Crippen LogP contribution in [0.25, 0.3) is 0 Å². The molecule has 0 unspecified atom stereocenters. The molecular weight excluding hydrogens is 248 g/mol. The summed E-state index contributed by atoms with van der Waals surface area (Å²) in [5.74, 6) is 0.674. The lowest BCUT2D eigenvalue weighted by atomic mass is 10.0. The van der Waals surface area contributed by atoms with Gasteiger partial charge in [0, 0.05) is 19.1 Å². The summed E-state index contributed by atoms with van der Waals surface area (Å²) < 4.78 is 15.8. The molecule has 0 bridgehead atoms. The largest absolute Gasteiger partial charge is 0.496 e. The highest BCUT2D eigenvalue weighted by Crippen LogP contribution is 2.30. The maximum atomic E-state index is 10.5. The van der Waals surface area contributed by atoms with Crippen molar-refractivity contribution in [2.75, 3.05) is 21.3 Å². The highest BCUT2D eigenvalue weighted by molar-refractivity contribution is 5.66. The van der Waals surface area contributed by atoms with Crippen molar-refractivity contribution < 1.29 is 24.1 Å². The number of ether oxygens (including phenoxy) is 3. The summed E-state index contributed by atoms with van der Waals surface area (Å²) >= 11 is 0. The van der Waals surface area contributed by atoms with Gasteiger partial charge >= 0.3 is 5.97 Å². The molecule has 0 saturated heterocycles. The van der Waals surface area contributed by atoms with Crippen molar-refractivity contribution in [3.63, 3.8) is 0 Å². The van der Waals surface area contributed by atoms with Crippen LogP contribution in [0, 0.1) is 0 Å². The quantitative estimate of drug-likeness (QED) is 0.783. The Morgan fingerprint density at radius 2 is 1.68 bits per heavy atom. The summed E-state index contributed by atoms with van der Waals surface area (Å²) in [6.07, 6.45) is 1.35. The van der Waals surface area contributed by atoms with Gasteiger partial charge in [0.1, 0.15) is 11.5 Å². The van der Waals surface area contributed by atoms with E-state index < -0.39 is 5.97 Å². The Labute approximate surface area is 113 Å². The molecule has 0 aliphatic carbocycles. The molecule has 0 amide bonds. The van der Waals surface area contributed by atoms with E-state index in [1.165, 1.54) is 0 Å². The lowest BCUT2D eigenvalue weighted by Gasteiger charge is -2.14. The predicted octanol–water partition coefficient (Wildman–Crippen LogP) is 2.26. The number of carbonyl (C=O) groups is 1. The summed E-state index contributed by atoms with van der Waals surface area (Å²) in [5, 5.41) is 8.66. The number of carboxylic acid groups (broad SMARTS) is 1. The number of aliphatic carboxylic acids is 1. The lowest BCUT2D eigenvalue weighted by molar-refractivity contribution is -0.137. The molecular formula is C14H20O5. The fourth-order valence-corrected chi connectivity index (χ4v) is 1.92. The van der Waals surface area contributed by atoms with Gasteiger partial charge in [-0.2, -0.15) is 0 Å². The molecule has 0 fully saturated rings. The van der Waals surface area contributed by atoms with Gasteiger partial charge in [0.2, 0.25) is 0 Å². The minimum Gasteiger partial charge on any atom is -0.496 e. The smallest absolute Gasteiger partial charge is 0.303 e. The third kappa shape index (κ3) is 4.44. The second-order valence-electron chi connectivity index (χ2n) is 4.16. The Morgan fingerprint density at radius 1 is 1.11 bits per heavy atom. The number of methoxy groups -OCH3 is 3. The van der Waals surface area contributed by atoms with E-state index in [0.29, 0.717) is 19.4 Å². The minimum atomic E-state index is -0.790. The molecule has 0 spiro atoms. The zero-order chi connectivity index (χ0) is 14.3. The van der Waals surface area contributed by atoms with Gasteiger partial charge in [-0.05, 0) is 30.5 Å². The first-order valence-corrected chi connectivity index (χ1v) is 6.06. The van der Waals surface area contributed by atoms with E-state index in [1.54, 1.807) is 21.3 Å². The second-order valence-corrected chi connectivity index (χ2v) is 4.16. The number of aryl methyl sites for hydroxylation is 1. The van der Waals surface area contributed by atoms with Crippen LogP contribution in [0.4, 0.5) is 0 Å². The van der Waals surface area contributed by atoms with Gasteiger partial charge in [-0.1, -0.05) is 0 Å². The Morgan fingerprint density at radius 3 is 2.21 bits per heavy atom. The maximum absolute atomic E-state index is 10.5. The van der Waals surface area contributed by atoms with Crippen LogP contribution in [0.15, 0.2) is 12.1 Å². The summed E-state index contributed by atoms with van der Waals surface area (Å²) in [6, 6.07) is 3.76. The van der Waals surface area contributed by atoms with Crippen LogP contribution in [0.2, 0.25) is 0 Å². The van der Waals surface area contributed by atoms with Crippen LogP contribution >= 0.6 is 0 Å². The average molecular weight is 268 g/mol. The first-order valence-electron chi connectivity index (χ1n) is 6.06. The molecule has 0 heterocycles. The van der Waals surface area contributed by atoms with Crippen LogP contribution in [-0.4, -0.2) is 32.4 Å². The number of hydrogen-bond donors (Lipinski definition) is 1. The Balaban J connectivity index is 2.92. The molecule has 5 heteroatoms. The standard InChI is InChI=1S/C14H20O5/c1-17-9-11-8-12(18-2)10(7-13(11)19-3)5-4-6-14(15)16/h7-8H,4-6,9H2,1-3H3,(H,15,16). The van der Waals surface area contributed by atoms with E-state index in [9.17, 15) is 4.79 Å². The van der Waals surface area contributed by atoms with Crippen molar-refractivity contribution in [2.45, 2.75) is 25.9 Å². The zero-order valence-electron chi connectivity index (χ0n) is 11.6. The van der Waals surface area contributed by atoms with Crippen LogP contribution in [0.3, 0.4) is 0 Å². The molecule has 106 valence electrons. The first kappa shape index (κ1) is 15.3. The van der Waals surface area contributed by atoms with E-state index in [2.05, 4.69) is 0 Å². The Bertz CT molecular complexity index is 428. The summed E-state index contributed by atoms with van der Waals surface area (Å²) in [7, 11) is 4.81. The Kier molecular flexibility index (Phi) is 6.15. The topological polar surface area (TPSA) is 65.0 Å². The summed E-state index contributed by atoms with van der Waals surface area (Å²) in [4.78, 5) is 10.5. The van der Waals surface area contributed by atoms with Crippen LogP contribution in [0.5, 0.6) is 11.5 Å². The van der Waals surface area contributed by atoms with Crippen LogP contribution < -0.4 is 9.47 Å². The molecule has 0 saturated carbocycles. The normalized spacial score (nSPS) is 10.3. The van der Waals surface area contributed by atoms with E-state index in [0.717, 1.165) is 22.6 Å². The molecule has 19 heavy (non-hydrogen) atoms. The number of carboxylic acids is 1. The SMILES string of the molecule is COCc1cc(OC)c(CCCC(=O)O)cc1OC. The monoisotopic (exact) mass is 268 g/mol. The van der Waals surface area contributed by atoms with E-state index >= 15 is 0 Å². The van der Waals surface area contributed by atoms with Crippen molar-refractivity contribution in [3.05, 3.63) is 23.3 Å². The van der Waals surface area contributed by atoms with E-state index in [4.69, 9.17) is 19.3 Å². The molecule has 1 aromatic carbocycles. The van der Waals surface area contributed by atoms with Gasteiger partial charge in [0.25, 0.3) is 0 Å². The van der Waals surface area contributed by atoms with Gasteiger partial charge in [-0.15, -0.1) is 0 Å². The fraction of sp³-hybridized carbons (Fsp3) is 0.500. The summed E-state index contributed by atoms with van der Waals surface area (Å²) in [6.45, 7) is 0.439. The first-order chi connectivity index (χ1) is 9.12. The second kappa shape index (κ2) is 7.63. The Hall–Kier alpha value is -1.75. The van der Waals surface area contributed by atoms with Crippen molar-refractivity contribution in [1.29, 1.82) is 0 Å². The molecule has 1 N–H and O–H groups in total. The number of hydrogen-bond acceptors (Lipinski definition) is 4. The van der Waals surface area contributed by atoms with Crippen LogP contribution in [-0.2, 0) is 22.6 Å².